The maximum absolute atomic E-state index is 11.6. The number of carbonyl (C=O) groups is 1. The smallest absolute Gasteiger partial charge is 0.248 e. The quantitative estimate of drug-likeness (QED) is 0.397. The van der Waals surface area contributed by atoms with Gasteiger partial charge in [-0.3, -0.25) is 4.79 Å². The number of amides is 1. The molecular weight excluding hydrogens is 418 g/mol. The Balaban J connectivity index is 1.27. The fourth-order valence-corrected chi connectivity index (χ4v) is 5.47. The number of fused-ring (bicyclic) bond motifs is 1. The number of hydrogen-bond acceptors (Lipinski definition) is 2. The molecule has 1 saturated heterocycles. The molecule has 1 aromatic heterocycles. The summed E-state index contributed by atoms with van der Waals surface area (Å²) in [4.78, 5) is 14.3. The summed E-state index contributed by atoms with van der Waals surface area (Å²) in [6, 6.07) is 23.7. The average Bonchev–Trinajstić information content (AvgIpc) is 3.27. The van der Waals surface area contributed by atoms with Crippen LogP contribution in [0.1, 0.15) is 45.9 Å². The molecule has 1 aliphatic heterocycles. The maximum atomic E-state index is 11.6. The predicted octanol–water partition coefficient (Wildman–Crippen LogP) is 5.90. The van der Waals surface area contributed by atoms with Crippen molar-refractivity contribution in [3.63, 3.8) is 0 Å². The molecule has 4 aromatic rings. The lowest BCUT2D eigenvalue weighted by Gasteiger charge is -2.33. The standard InChI is InChI=1S/C30H33N3O/c1-21-6-3-4-8-26(21)28-9-5-7-22(2)27(28)15-18-32-16-13-25(14-17-32)33-19-12-23-10-11-24(30(31)34)20-29(23)33/h3-12,19-20,25H,13-18H2,1-2H3,(H2,31,34). The van der Waals surface area contributed by atoms with Gasteiger partial charge in [0.25, 0.3) is 0 Å². The molecular formula is C30H33N3O. The predicted molar refractivity (Wildman–Crippen MR) is 140 cm³/mol. The van der Waals surface area contributed by atoms with Gasteiger partial charge in [0.15, 0.2) is 0 Å². The van der Waals surface area contributed by atoms with E-state index in [4.69, 9.17) is 5.73 Å². The highest BCUT2D eigenvalue weighted by molar-refractivity contribution is 5.97. The highest BCUT2D eigenvalue weighted by Crippen LogP contribution is 2.31. The van der Waals surface area contributed by atoms with Crippen molar-refractivity contribution in [1.29, 1.82) is 0 Å². The molecule has 1 aliphatic rings. The van der Waals surface area contributed by atoms with Gasteiger partial charge in [-0.2, -0.15) is 0 Å². The minimum absolute atomic E-state index is 0.370. The van der Waals surface area contributed by atoms with Crippen LogP contribution in [0, 0.1) is 13.8 Å². The van der Waals surface area contributed by atoms with Crippen molar-refractivity contribution in [2.75, 3.05) is 19.6 Å². The van der Waals surface area contributed by atoms with Gasteiger partial charge in [-0.05, 0) is 84.5 Å². The zero-order valence-corrected chi connectivity index (χ0v) is 20.1. The summed E-state index contributed by atoms with van der Waals surface area (Å²) in [5, 5.41) is 1.16. The van der Waals surface area contributed by atoms with Crippen LogP contribution in [-0.4, -0.2) is 35.0 Å². The summed E-state index contributed by atoms with van der Waals surface area (Å²) in [5.41, 5.74) is 14.1. The van der Waals surface area contributed by atoms with Gasteiger partial charge in [-0.1, -0.05) is 48.5 Å². The molecule has 0 spiro atoms. The number of aromatic nitrogens is 1. The fourth-order valence-electron chi connectivity index (χ4n) is 5.47. The Bertz CT molecular complexity index is 1330. The Morgan fingerprint density at radius 2 is 1.65 bits per heavy atom. The summed E-state index contributed by atoms with van der Waals surface area (Å²) in [7, 11) is 0. The van der Waals surface area contributed by atoms with Crippen LogP contribution in [0.4, 0.5) is 0 Å². The molecule has 4 heteroatoms. The summed E-state index contributed by atoms with van der Waals surface area (Å²) in [6.45, 7) is 7.69. The van der Waals surface area contributed by atoms with Crippen LogP contribution >= 0.6 is 0 Å². The number of hydrogen-bond donors (Lipinski definition) is 1. The summed E-state index contributed by atoms with van der Waals surface area (Å²) >= 11 is 0. The summed E-state index contributed by atoms with van der Waals surface area (Å²) in [5.74, 6) is -0.370. The number of primary amides is 1. The van der Waals surface area contributed by atoms with Crippen LogP contribution < -0.4 is 5.73 Å². The number of nitrogens with zero attached hydrogens (tertiary/aromatic N) is 2. The first-order chi connectivity index (χ1) is 16.5. The summed E-state index contributed by atoms with van der Waals surface area (Å²) in [6.07, 6.45) is 5.46. The number of rotatable bonds is 6. The van der Waals surface area contributed by atoms with Gasteiger partial charge in [-0.25, -0.2) is 0 Å². The van der Waals surface area contributed by atoms with Gasteiger partial charge < -0.3 is 15.2 Å². The Labute approximate surface area is 202 Å². The third-order valence-corrected chi connectivity index (χ3v) is 7.48. The number of benzene rings is 3. The first-order valence-corrected chi connectivity index (χ1v) is 12.3. The molecule has 2 N–H and O–H groups in total. The number of likely N-dealkylation sites (tertiary alicyclic amines) is 1. The Morgan fingerprint density at radius 3 is 2.41 bits per heavy atom. The molecule has 0 atom stereocenters. The lowest BCUT2D eigenvalue weighted by Crippen LogP contribution is -2.36. The van der Waals surface area contributed by atoms with E-state index < -0.39 is 0 Å². The molecule has 5 rings (SSSR count). The van der Waals surface area contributed by atoms with Crippen LogP contribution in [0.3, 0.4) is 0 Å². The largest absolute Gasteiger partial charge is 0.366 e. The third kappa shape index (κ3) is 4.38. The molecule has 0 aliphatic carbocycles. The van der Waals surface area contributed by atoms with Gasteiger partial charge in [0.1, 0.15) is 0 Å². The summed E-state index contributed by atoms with van der Waals surface area (Å²) < 4.78 is 2.34. The molecule has 174 valence electrons. The van der Waals surface area contributed by atoms with Crippen molar-refractivity contribution in [2.24, 2.45) is 5.73 Å². The Morgan fingerprint density at radius 1 is 0.912 bits per heavy atom. The van der Waals surface area contributed by atoms with Crippen LogP contribution in [-0.2, 0) is 6.42 Å². The number of piperidine rings is 1. The lowest BCUT2D eigenvalue weighted by molar-refractivity contribution is 0.100. The van der Waals surface area contributed by atoms with E-state index in [0.29, 0.717) is 11.6 Å². The first-order valence-electron chi connectivity index (χ1n) is 12.3. The second-order valence-corrected chi connectivity index (χ2v) is 9.60. The first kappa shape index (κ1) is 22.4. The molecule has 1 fully saturated rings. The second-order valence-electron chi connectivity index (χ2n) is 9.60. The average molecular weight is 452 g/mol. The van der Waals surface area contributed by atoms with Crippen LogP contribution in [0.25, 0.3) is 22.0 Å². The van der Waals surface area contributed by atoms with E-state index in [1.807, 2.05) is 18.2 Å². The number of aryl methyl sites for hydroxylation is 2. The molecule has 3 aromatic carbocycles. The van der Waals surface area contributed by atoms with Gasteiger partial charge in [0.2, 0.25) is 5.91 Å². The molecule has 0 bridgehead atoms. The van der Waals surface area contributed by atoms with E-state index in [1.165, 1.54) is 27.8 Å². The maximum Gasteiger partial charge on any atom is 0.248 e. The second kappa shape index (κ2) is 9.47. The molecule has 0 radical (unpaired) electrons. The fraction of sp³-hybridized carbons (Fsp3) is 0.300. The topological polar surface area (TPSA) is 51.3 Å². The van der Waals surface area contributed by atoms with Crippen molar-refractivity contribution >= 4 is 16.8 Å². The lowest BCUT2D eigenvalue weighted by atomic mass is 9.91. The van der Waals surface area contributed by atoms with Crippen LogP contribution in [0.15, 0.2) is 72.9 Å². The molecule has 0 saturated carbocycles. The van der Waals surface area contributed by atoms with E-state index in [0.717, 1.165) is 49.8 Å². The van der Waals surface area contributed by atoms with Gasteiger partial charge in [0.05, 0.1) is 0 Å². The van der Waals surface area contributed by atoms with Crippen LogP contribution in [0.5, 0.6) is 0 Å². The van der Waals surface area contributed by atoms with E-state index in [9.17, 15) is 4.79 Å². The zero-order chi connectivity index (χ0) is 23.7. The third-order valence-electron chi connectivity index (χ3n) is 7.48. The van der Waals surface area contributed by atoms with Crippen LogP contribution in [0.2, 0.25) is 0 Å². The van der Waals surface area contributed by atoms with E-state index in [-0.39, 0.29) is 5.91 Å². The highest BCUT2D eigenvalue weighted by Gasteiger charge is 2.22. The van der Waals surface area contributed by atoms with Gasteiger partial charge in [-0.15, -0.1) is 0 Å². The van der Waals surface area contributed by atoms with Crippen molar-refractivity contribution in [2.45, 2.75) is 39.2 Å². The Kier molecular flexibility index (Phi) is 6.25. The monoisotopic (exact) mass is 451 g/mol. The van der Waals surface area contributed by atoms with Crippen molar-refractivity contribution in [1.82, 2.24) is 9.47 Å². The minimum Gasteiger partial charge on any atom is -0.366 e. The SMILES string of the molecule is Cc1ccccc1-c1cccc(C)c1CCN1CCC(n2ccc3ccc(C(N)=O)cc32)CC1. The van der Waals surface area contributed by atoms with E-state index >= 15 is 0 Å². The van der Waals surface area contributed by atoms with Gasteiger partial charge >= 0.3 is 0 Å². The van der Waals surface area contributed by atoms with E-state index in [2.05, 4.69) is 78.0 Å². The molecule has 4 nitrogen and oxygen atoms in total. The van der Waals surface area contributed by atoms with Crippen molar-refractivity contribution in [3.05, 3.63) is 95.2 Å². The zero-order valence-electron chi connectivity index (χ0n) is 20.1. The molecule has 34 heavy (non-hydrogen) atoms. The number of nitrogens with two attached hydrogens (primary N) is 1. The van der Waals surface area contributed by atoms with E-state index in [1.54, 1.807) is 0 Å². The molecule has 0 unspecified atom stereocenters. The normalized spacial score (nSPS) is 15.1. The highest BCUT2D eigenvalue weighted by atomic mass is 16.1. The molecule has 1 amide bonds. The van der Waals surface area contributed by atoms with Crippen molar-refractivity contribution < 1.29 is 4.79 Å². The minimum atomic E-state index is -0.370. The Hall–Kier alpha value is -3.37. The molecule has 2 heterocycles. The number of carbonyl (C=O) groups excluding carboxylic acids is 1. The van der Waals surface area contributed by atoms with Gasteiger partial charge in [0, 0.05) is 43.0 Å². The van der Waals surface area contributed by atoms with Crippen molar-refractivity contribution in [3.8, 4) is 11.1 Å².